The first-order valence-electron chi connectivity index (χ1n) is 9.10. The van der Waals surface area contributed by atoms with Crippen molar-refractivity contribution in [2.24, 2.45) is 0 Å². The Labute approximate surface area is 151 Å². The number of nitrogens with zero attached hydrogens (tertiary/aromatic N) is 1. The minimum atomic E-state index is 0.566. The summed E-state index contributed by atoms with van der Waals surface area (Å²) in [6.45, 7) is 7.39. The van der Waals surface area contributed by atoms with Crippen LogP contribution in [-0.4, -0.2) is 4.90 Å². The first kappa shape index (κ1) is 17.4. The van der Waals surface area contributed by atoms with E-state index < -0.39 is 0 Å². The molecule has 1 nitrogen and oxygen atoms in total. The average Bonchev–Trinajstić information content (AvgIpc) is 2.63. The number of benzene rings is 3. The van der Waals surface area contributed by atoms with Gasteiger partial charge in [-0.3, -0.25) is 4.90 Å². The lowest BCUT2D eigenvalue weighted by Crippen LogP contribution is -2.22. The highest BCUT2D eigenvalue weighted by atomic mass is 15.1. The van der Waals surface area contributed by atoms with Gasteiger partial charge in [0.25, 0.3) is 0 Å². The molecule has 0 bridgehead atoms. The van der Waals surface area contributed by atoms with Crippen molar-refractivity contribution in [2.45, 2.75) is 39.4 Å². The smallest absolute Gasteiger partial charge is 0.0240 e. The van der Waals surface area contributed by atoms with E-state index in [1.54, 1.807) is 0 Å². The first-order valence-corrected chi connectivity index (χ1v) is 9.10. The molecule has 0 heterocycles. The molecule has 0 saturated heterocycles. The molecule has 25 heavy (non-hydrogen) atoms. The fourth-order valence-electron chi connectivity index (χ4n) is 3.16. The molecular formula is C24H27N. The Morgan fingerprint density at radius 3 is 1.60 bits per heavy atom. The normalized spacial score (nSPS) is 11.2. The van der Waals surface area contributed by atoms with Crippen LogP contribution < -0.4 is 0 Å². The zero-order valence-corrected chi connectivity index (χ0v) is 15.2. The van der Waals surface area contributed by atoms with E-state index in [0.717, 1.165) is 19.6 Å². The predicted molar refractivity (Wildman–Crippen MR) is 106 cm³/mol. The topological polar surface area (TPSA) is 3.24 Å². The number of hydrogen-bond donors (Lipinski definition) is 0. The largest absolute Gasteiger partial charge is 0.291 e. The zero-order chi connectivity index (χ0) is 17.5. The highest BCUT2D eigenvalue weighted by Gasteiger charge is 2.09. The van der Waals surface area contributed by atoms with Gasteiger partial charge < -0.3 is 0 Å². The molecule has 0 saturated carbocycles. The molecule has 1 heteroatoms. The summed E-state index contributed by atoms with van der Waals surface area (Å²) in [5.74, 6) is 0.566. The molecule has 0 fully saturated rings. The second-order valence-corrected chi connectivity index (χ2v) is 7.02. The highest BCUT2D eigenvalue weighted by Crippen LogP contribution is 2.19. The van der Waals surface area contributed by atoms with E-state index in [0.29, 0.717) is 5.92 Å². The van der Waals surface area contributed by atoms with Gasteiger partial charge in [0.1, 0.15) is 0 Å². The van der Waals surface area contributed by atoms with Gasteiger partial charge >= 0.3 is 0 Å². The van der Waals surface area contributed by atoms with Crippen LogP contribution in [0.1, 0.15) is 42.0 Å². The van der Waals surface area contributed by atoms with Crippen LogP contribution >= 0.6 is 0 Å². The molecule has 3 aromatic carbocycles. The van der Waals surface area contributed by atoms with Gasteiger partial charge in [-0.2, -0.15) is 0 Å². The summed E-state index contributed by atoms with van der Waals surface area (Å²) in [4.78, 5) is 2.52. The minimum absolute atomic E-state index is 0.566. The van der Waals surface area contributed by atoms with Gasteiger partial charge in [0.15, 0.2) is 0 Å². The van der Waals surface area contributed by atoms with E-state index in [4.69, 9.17) is 0 Å². The molecular weight excluding hydrogens is 302 g/mol. The molecule has 3 rings (SSSR count). The molecule has 0 atom stereocenters. The summed E-state index contributed by atoms with van der Waals surface area (Å²) >= 11 is 0. The molecule has 0 aliphatic rings. The molecule has 128 valence electrons. The summed E-state index contributed by atoms with van der Waals surface area (Å²) in [6, 6.07) is 30.5. The van der Waals surface area contributed by atoms with Crippen molar-refractivity contribution >= 4 is 0 Å². The van der Waals surface area contributed by atoms with E-state index in [2.05, 4.69) is 104 Å². The Kier molecular flexibility index (Phi) is 6.03. The van der Waals surface area contributed by atoms with Crippen LogP contribution in [0, 0.1) is 0 Å². The van der Waals surface area contributed by atoms with Gasteiger partial charge in [-0.05, 0) is 28.2 Å². The number of rotatable bonds is 7. The van der Waals surface area contributed by atoms with Crippen molar-refractivity contribution in [3.05, 3.63) is 107 Å². The van der Waals surface area contributed by atoms with Gasteiger partial charge in [-0.1, -0.05) is 98.8 Å². The third-order valence-corrected chi connectivity index (χ3v) is 4.52. The molecule has 0 aliphatic heterocycles. The van der Waals surface area contributed by atoms with Crippen molar-refractivity contribution in [1.82, 2.24) is 4.90 Å². The van der Waals surface area contributed by atoms with Gasteiger partial charge in [0.05, 0.1) is 0 Å². The SMILES string of the molecule is CC(C)c1cccc(CN(Cc2ccccc2)Cc2ccccc2)c1. The van der Waals surface area contributed by atoms with Gasteiger partial charge in [-0.25, -0.2) is 0 Å². The quantitative estimate of drug-likeness (QED) is 0.513. The van der Waals surface area contributed by atoms with Crippen molar-refractivity contribution in [2.75, 3.05) is 0 Å². The standard InChI is InChI=1S/C24H27N/c1-20(2)24-15-9-14-23(16-24)19-25(17-21-10-5-3-6-11-21)18-22-12-7-4-8-13-22/h3-16,20H,17-19H2,1-2H3. The van der Waals surface area contributed by atoms with Crippen molar-refractivity contribution < 1.29 is 0 Å². The Morgan fingerprint density at radius 2 is 1.08 bits per heavy atom. The van der Waals surface area contributed by atoms with Crippen molar-refractivity contribution in [3.8, 4) is 0 Å². The second-order valence-electron chi connectivity index (χ2n) is 7.02. The Bertz CT molecular complexity index is 721. The molecule has 0 radical (unpaired) electrons. The molecule has 0 N–H and O–H groups in total. The van der Waals surface area contributed by atoms with Crippen LogP contribution in [-0.2, 0) is 19.6 Å². The molecule has 0 aliphatic carbocycles. The number of hydrogen-bond acceptors (Lipinski definition) is 1. The van der Waals surface area contributed by atoms with E-state index >= 15 is 0 Å². The van der Waals surface area contributed by atoms with Crippen LogP contribution in [0.5, 0.6) is 0 Å². The second kappa shape index (κ2) is 8.64. The summed E-state index contributed by atoms with van der Waals surface area (Å²) < 4.78 is 0. The Morgan fingerprint density at radius 1 is 0.600 bits per heavy atom. The van der Waals surface area contributed by atoms with Crippen LogP contribution in [0.15, 0.2) is 84.9 Å². The highest BCUT2D eigenvalue weighted by molar-refractivity contribution is 5.26. The third-order valence-electron chi connectivity index (χ3n) is 4.52. The van der Waals surface area contributed by atoms with Crippen molar-refractivity contribution in [1.29, 1.82) is 0 Å². The Hall–Kier alpha value is -2.38. The van der Waals surface area contributed by atoms with Crippen LogP contribution in [0.3, 0.4) is 0 Å². The molecule has 0 spiro atoms. The lowest BCUT2D eigenvalue weighted by molar-refractivity contribution is 0.247. The van der Waals surface area contributed by atoms with Gasteiger partial charge in [0, 0.05) is 19.6 Å². The molecule has 0 aromatic heterocycles. The molecule has 3 aromatic rings. The monoisotopic (exact) mass is 329 g/mol. The van der Waals surface area contributed by atoms with Crippen LogP contribution in [0.25, 0.3) is 0 Å². The van der Waals surface area contributed by atoms with E-state index in [-0.39, 0.29) is 0 Å². The zero-order valence-electron chi connectivity index (χ0n) is 15.2. The maximum atomic E-state index is 2.52. The summed E-state index contributed by atoms with van der Waals surface area (Å²) in [5.41, 5.74) is 5.52. The average molecular weight is 329 g/mol. The van der Waals surface area contributed by atoms with E-state index in [1.165, 1.54) is 22.3 Å². The summed E-state index contributed by atoms with van der Waals surface area (Å²) in [7, 11) is 0. The van der Waals surface area contributed by atoms with E-state index in [9.17, 15) is 0 Å². The first-order chi connectivity index (χ1) is 12.2. The Balaban J connectivity index is 1.79. The summed E-state index contributed by atoms with van der Waals surface area (Å²) in [5, 5.41) is 0. The van der Waals surface area contributed by atoms with Gasteiger partial charge in [-0.15, -0.1) is 0 Å². The maximum Gasteiger partial charge on any atom is 0.0240 e. The maximum absolute atomic E-state index is 2.52. The van der Waals surface area contributed by atoms with Crippen LogP contribution in [0.2, 0.25) is 0 Å². The minimum Gasteiger partial charge on any atom is -0.291 e. The predicted octanol–water partition coefficient (Wildman–Crippen LogP) is 6.01. The van der Waals surface area contributed by atoms with Gasteiger partial charge in [0.2, 0.25) is 0 Å². The molecule has 0 amide bonds. The molecule has 0 unspecified atom stereocenters. The van der Waals surface area contributed by atoms with E-state index in [1.807, 2.05) is 0 Å². The lowest BCUT2D eigenvalue weighted by Gasteiger charge is -2.23. The lowest BCUT2D eigenvalue weighted by atomic mass is 10.0. The fourth-order valence-corrected chi connectivity index (χ4v) is 3.16. The fraction of sp³-hybridized carbons (Fsp3) is 0.250. The summed E-state index contributed by atoms with van der Waals surface area (Å²) in [6.07, 6.45) is 0. The van der Waals surface area contributed by atoms with Crippen LogP contribution in [0.4, 0.5) is 0 Å². The van der Waals surface area contributed by atoms with Crippen molar-refractivity contribution in [3.63, 3.8) is 0 Å². The third kappa shape index (κ3) is 5.30.